The lowest BCUT2D eigenvalue weighted by Gasteiger charge is -2.27. The summed E-state index contributed by atoms with van der Waals surface area (Å²) in [5, 5.41) is 6.20. The van der Waals surface area contributed by atoms with Crippen LogP contribution in [0.15, 0.2) is 124 Å². The van der Waals surface area contributed by atoms with Crippen LogP contribution in [0.4, 0.5) is 8.78 Å². The second-order valence-corrected chi connectivity index (χ2v) is 19.4. The van der Waals surface area contributed by atoms with Gasteiger partial charge in [-0.1, -0.05) is 132 Å². The van der Waals surface area contributed by atoms with Crippen LogP contribution in [0.1, 0.15) is 63.7 Å². The lowest BCUT2D eigenvalue weighted by atomic mass is 10.1. The molecular weight excluding hydrogens is 1090 g/mol. The summed E-state index contributed by atoms with van der Waals surface area (Å²) in [6, 6.07) is 27.9. The van der Waals surface area contributed by atoms with Crippen molar-refractivity contribution in [2.75, 3.05) is 27.4 Å². The molecule has 0 spiro atoms. The summed E-state index contributed by atoms with van der Waals surface area (Å²) in [5.41, 5.74) is 4.49. The van der Waals surface area contributed by atoms with E-state index in [0.29, 0.717) is 11.8 Å². The van der Waals surface area contributed by atoms with Gasteiger partial charge in [0.1, 0.15) is 32.3 Å². The van der Waals surface area contributed by atoms with Crippen LogP contribution in [0, 0.1) is 27.7 Å². The van der Waals surface area contributed by atoms with Gasteiger partial charge in [-0.3, -0.25) is 4.18 Å². The number of halogens is 6. The van der Waals surface area contributed by atoms with Gasteiger partial charge < -0.3 is 28.6 Å². The number of aryl methyl sites for hydroxylation is 4. The van der Waals surface area contributed by atoms with E-state index in [1.165, 1.54) is 31.4 Å². The van der Waals surface area contributed by atoms with E-state index in [0.717, 1.165) is 47.7 Å². The number of carbonyl (C=O) groups is 4. The summed E-state index contributed by atoms with van der Waals surface area (Å²) in [4.78, 5) is 58.0. The molecule has 0 unspecified atom stereocenters. The third-order valence-electron chi connectivity index (χ3n) is 9.85. The molecule has 72 heavy (non-hydrogen) atoms. The van der Waals surface area contributed by atoms with Crippen molar-refractivity contribution in [3.8, 4) is 0 Å². The maximum absolute atomic E-state index is 15.5. The molecule has 0 saturated heterocycles. The van der Waals surface area contributed by atoms with Crippen LogP contribution < -0.4 is 0 Å². The smallest absolute Gasteiger partial charge is 0.338 e. The van der Waals surface area contributed by atoms with E-state index in [1.807, 2.05) is 20.8 Å². The fourth-order valence-corrected chi connectivity index (χ4v) is 8.48. The number of benzene rings is 5. The lowest BCUT2D eigenvalue weighted by Crippen LogP contribution is -2.45. The molecule has 5 aromatic carbocycles. The molecule has 15 nitrogen and oxygen atoms in total. The van der Waals surface area contributed by atoms with Gasteiger partial charge in [0.15, 0.2) is 30.7 Å². The molecule has 0 aliphatic heterocycles. The second kappa shape index (κ2) is 28.3. The van der Waals surface area contributed by atoms with Gasteiger partial charge >= 0.3 is 23.9 Å². The Labute approximate surface area is 438 Å². The van der Waals surface area contributed by atoms with Gasteiger partial charge in [0, 0.05) is 0 Å². The minimum Gasteiger partial charge on any atom is -0.461 e. The van der Waals surface area contributed by atoms with Crippen molar-refractivity contribution < 1.29 is 69.2 Å². The number of rotatable bonds is 21. The number of hydrogen-bond acceptors (Lipinski definition) is 15. The highest BCUT2D eigenvalue weighted by atomic mass is 79.9. The van der Waals surface area contributed by atoms with Gasteiger partial charge in [-0.2, -0.15) is 8.42 Å². The highest BCUT2D eigenvalue weighted by molar-refractivity contribution is 9.09. The molecule has 0 heterocycles. The molecule has 5 aromatic rings. The summed E-state index contributed by atoms with van der Waals surface area (Å²) < 4.78 is 83.5. The highest BCUT2D eigenvalue weighted by Crippen LogP contribution is 2.34. The second-order valence-electron chi connectivity index (χ2n) is 15.5. The summed E-state index contributed by atoms with van der Waals surface area (Å²) in [6.45, 7) is 6.29. The maximum atomic E-state index is 15.5. The van der Waals surface area contributed by atoms with Crippen LogP contribution in [0.3, 0.4) is 0 Å². The van der Waals surface area contributed by atoms with Gasteiger partial charge in [0.25, 0.3) is 10.1 Å². The largest absolute Gasteiger partial charge is 0.461 e. The van der Waals surface area contributed by atoms with E-state index < -0.39 is 81.0 Å². The lowest BCUT2D eigenvalue weighted by molar-refractivity contribution is -0.0478. The average Bonchev–Trinajstić information content (AvgIpc) is 3.35. The van der Waals surface area contributed by atoms with Crippen molar-refractivity contribution in [2.24, 2.45) is 10.3 Å². The van der Waals surface area contributed by atoms with Gasteiger partial charge in [-0.05, 0) is 88.4 Å². The molecule has 384 valence electrons. The predicted octanol–water partition coefficient (Wildman–Crippen LogP) is 10.8. The molecule has 0 saturated carbocycles. The van der Waals surface area contributed by atoms with Crippen LogP contribution in [0.25, 0.3) is 0 Å². The molecule has 0 N–H and O–H groups in total. The summed E-state index contributed by atoms with van der Waals surface area (Å²) in [5.74, 6) is -3.16. The molecule has 6 atom stereocenters. The Kier molecular flexibility index (Phi) is 23.1. The third-order valence-corrected chi connectivity index (χ3v) is 13.2. The maximum Gasteiger partial charge on any atom is 0.338 e. The van der Waals surface area contributed by atoms with Crippen molar-refractivity contribution in [3.63, 3.8) is 0 Å². The molecule has 22 heteroatoms. The fourth-order valence-electron chi connectivity index (χ4n) is 5.90. The number of ether oxygens (including phenoxy) is 4. The number of esters is 4. The Morgan fingerprint density at radius 2 is 0.903 bits per heavy atom. The normalized spacial score (nSPS) is 13.9. The summed E-state index contributed by atoms with van der Waals surface area (Å²) >= 11 is 21.3. The van der Waals surface area contributed by atoms with Gasteiger partial charge in [-0.15, -0.1) is 0 Å². The molecule has 5 rings (SSSR count). The minimum atomic E-state index is -4.85. The monoisotopic (exact) mass is 1140 g/mol. The van der Waals surface area contributed by atoms with Crippen molar-refractivity contribution in [1.82, 2.24) is 0 Å². The van der Waals surface area contributed by atoms with Crippen molar-refractivity contribution in [1.29, 1.82) is 0 Å². The number of hydrogen-bond donors (Lipinski definition) is 0. The van der Waals surface area contributed by atoms with E-state index in [9.17, 15) is 32.0 Å². The molecule has 0 bridgehead atoms. The van der Waals surface area contributed by atoms with Gasteiger partial charge in [0.05, 0.1) is 54.6 Å². The van der Waals surface area contributed by atoms with E-state index in [4.69, 9.17) is 57.9 Å². The highest BCUT2D eigenvalue weighted by Gasteiger charge is 2.40. The Hall–Kier alpha value is -5.96. The Bertz CT molecular complexity index is 2790. The first kappa shape index (κ1) is 58.6. The van der Waals surface area contributed by atoms with E-state index in [1.54, 1.807) is 79.7 Å². The van der Waals surface area contributed by atoms with Crippen molar-refractivity contribution in [2.45, 2.75) is 68.1 Å². The number of nitrogens with zero attached hydrogens (tertiary/aromatic N) is 2. The summed E-state index contributed by atoms with van der Waals surface area (Å²) in [6.07, 6.45) is -7.83. The van der Waals surface area contributed by atoms with Crippen LogP contribution in [-0.4, -0.2) is 108 Å². The molecular formula is C50H48BrCl3F2N2O13S. The minimum absolute atomic E-state index is 0.0336. The van der Waals surface area contributed by atoms with Crippen LogP contribution in [0.5, 0.6) is 0 Å². The SMILES string of the molecule is CON=C[C@@H](F)[C@@H](OC(=O)c1ccc(C)cc1)[C@@H](Br)COC(=O)c1ccc(C)cc1.CON=C[C@@H](F)[C@H](OC(=O)c1ccc(C)cc1)[C@@H](COC(=O)c1ccc(C)cc1)OS(=O)(=O)c1cc(Cl)c(Cl)cc1Cl. The molecule has 0 amide bonds. The first-order chi connectivity index (χ1) is 34.1. The fraction of sp³-hybridized carbons (Fsp3) is 0.280. The molecule has 0 aromatic heterocycles. The van der Waals surface area contributed by atoms with Crippen LogP contribution in [-0.2, 0) is 42.9 Å². The van der Waals surface area contributed by atoms with Crippen LogP contribution in [0.2, 0.25) is 15.1 Å². The first-order valence-electron chi connectivity index (χ1n) is 21.3. The van der Waals surface area contributed by atoms with E-state index in [-0.39, 0.29) is 38.4 Å². The molecule has 0 fully saturated rings. The Morgan fingerprint density at radius 1 is 0.556 bits per heavy atom. The van der Waals surface area contributed by atoms with Crippen LogP contribution >= 0.6 is 50.7 Å². The number of oxime groups is 2. The molecule has 0 aliphatic rings. The van der Waals surface area contributed by atoms with Gasteiger partial charge in [0.2, 0.25) is 0 Å². The van der Waals surface area contributed by atoms with Crippen molar-refractivity contribution >= 4 is 97.2 Å². The quantitative estimate of drug-likeness (QED) is 0.0128. The number of alkyl halides is 3. The van der Waals surface area contributed by atoms with Gasteiger partial charge in [-0.25, -0.2) is 28.0 Å². The molecule has 0 radical (unpaired) electrons. The standard InChI is InChI=1S/C28H25Cl3FNO8S.C22H23BrFNO5/c1-16-4-8-18(9-5-16)27(34)39-15-24(41-42(36,37)25-13-21(30)20(29)12-22(25)31)26(23(32)14-33-38-3)40-28(35)19-10-6-17(2)7-11-19;1-14-4-8-16(9-5-14)21(26)29-13-18(23)20(19(24)12-25-28-3)30-22(27)17-10-6-15(2)7-11-17/h4-14,23-24,26H,15H2,1-3H3;4-12,18-20H,13H2,1-3H3/t23-,24-,26+;18-,19+,20-/m10/s1. The zero-order chi connectivity index (χ0) is 53.1. The summed E-state index contributed by atoms with van der Waals surface area (Å²) in [7, 11) is -2.44. The third kappa shape index (κ3) is 18.0. The average molecular weight is 1140 g/mol. The Morgan fingerprint density at radius 3 is 1.31 bits per heavy atom. The molecule has 0 aliphatic carbocycles. The zero-order valence-electron chi connectivity index (χ0n) is 39.3. The predicted molar refractivity (Wildman–Crippen MR) is 271 cm³/mol. The Balaban J connectivity index is 0.000000331. The van der Waals surface area contributed by atoms with E-state index >= 15 is 4.39 Å². The first-order valence-corrected chi connectivity index (χ1v) is 24.8. The van der Waals surface area contributed by atoms with Crippen molar-refractivity contribution in [3.05, 3.63) is 169 Å². The topological polar surface area (TPSA) is 192 Å². The number of carbonyl (C=O) groups excluding carboxylic acids is 4. The zero-order valence-corrected chi connectivity index (χ0v) is 44.0. The van der Waals surface area contributed by atoms with E-state index in [2.05, 4.69) is 35.9 Å².